The number of carboxylic acids is 1. The summed E-state index contributed by atoms with van der Waals surface area (Å²) in [6.45, 7) is 1.82. The number of nitrogens with zero attached hydrogens (tertiary/aromatic N) is 4. The van der Waals surface area contributed by atoms with Crippen molar-refractivity contribution in [1.82, 2.24) is 30.6 Å². The average molecular weight is 673 g/mol. The monoisotopic (exact) mass is 672 g/mol. The van der Waals surface area contributed by atoms with Gasteiger partial charge in [0.1, 0.15) is 28.2 Å². The second kappa shape index (κ2) is 13.4. The summed E-state index contributed by atoms with van der Waals surface area (Å²) in [5, 5.41) is 23.6. The van der Waals surface area contributed by atoms with Crippen LogP contribution in [0.1, 0.15) is 27.0 Å². The molecule has 16 heteroatoms. The Morgan fingerprint density at radius 1 is 1.14 bits per heavy atom. The third-order valence-electron chi connectivity index (χ3n) is 6.80. The van der Waals surface area contributed by atoms with E-state index in [1.54, 1.807) is 42.5 Å². The van der Waals surface area contributed by atoms with Crippen LogP contribution >= 0.6 is 46.5 Å². The molecule has 3 aromatic rings. The van der Waals surface area contributed by atoms with Crippen molar-refractivity contribution in [3.63, 3.8) is 0 Å². The van der Waals surface area contributed by atoms with Gasteiger partial charge in [0, 0.05) is 18.6 Å². The van der Waals surface area contributed by atoms with Crippen LogP contribution in [0.2, 0.25) is 5.02 Å². The van der Waals surface area contributed by atoms with E-state index in [0.29, 0.717) is 27.0 Å². The topological polar surface area (TPSA) is 162 Å². The predicted octanol–water partition coefficient (Wildman–Crippen LogP) is 3.55. The van der Waals surface area contributed by atoms with Crippen LogP contribution in [0.15, 0.2) is 70.2 Å². The minimum Gasteiger partial charge on any atom is -0.477 e. The van der Waals surface area contributed by atoms with E-state index >= 15 is 0 Å². The summed E-state index contributed by atoms with van der Waals surface area (Å²) in [5.74, 6) is -2.53. The zero-order chi connectivity index (χ0) is 31.5. The molecule has 2 aromatic carbocycles. The van der Waals surface area contributed by atoms with E-state index in [0.717, 1.165) is 9.91 Å². The molecule has 44 heavy (non-hydrogen) atoms. The summed E-state index contributed by atoms with van der Waals surface area (Å²) in [6.07, 6.45) is 0. The molecule has 1 saturated heterocycles. The van der Waals surface area contributed by atoms with Gasteiger partial charge in [-0.15, -0.1) is 22.0 Å². The van der Waals surface area contributed by atoms with Crippen molar-refractivity contribution in [2.45, 2.75) is 28.7 Å². The molecule has 0 saturated carbocycles. The Hall–Kier alpha value is -3.92. The lowest BCUT2D eigenvalue weighted by atomic mass is 10.0. The van der Waals surface area contributed by atoms with Crippen LogP contribution < -0.4 is 10.6 Å². The molecule has 2 unspecified atom stereocenters. The van der Waals surface area contributed by atoms with Crippen LogP contribution in [0.25, 0.3) is 0 Å². The first-order chi connectivity index (χ1) is 21.1. The number of urea groups is 1. The summed E-state index contributed by atoms with van der Waals surface area (Å²) >= 11 is 10.2. The number of imide groups is 1. The summed E-state index contributed by atoms with van der Waals surface area (Å²) in [4.78, 5) is 67.2. The van der Waals surface area contributed by atoms with E-state index < -0.39 is 47.2 Å². The molecule has 3 heterocycles. The standard InChI is InChI=1S/C28H25ClN6O6S3/c1-14-32-33-28(44-14)43-13-16-12-42-25-20(24(38)35(25)21(16)26(39)40)30-22(36)19(15-8-4-3-5-9-15)31-27(41)34(2)23(37)17-10-6-7-11-18(17)29/h3-11,19-20,25H,12-13H2,1-2H3,(H,30,36)(H,31,41)(H,39,40)/t19?,20?,25-/m0/s1. The van der Waals surface area contributed by atoms with Crippen LogP contribution in [0, 0.1) is 6.92 Å². The molecule has 228 valence electrons. The number of aliphatic carboxylic acids is 1. The van der Waals surface area contributed by atoms with Crippen molar-refractivity contribution in [1.29, 1.82) is 0 Å². The third-order valence-corrected chi connectivity index (χ3v) is 10.5. The van der Waals surface area contributed by atoms with Gasteiger partial charge in [-0.25, -0.2) is 9.59 Å². The minimum atomic E-state index is -1.27. The largest absolute Gasteiger partial charge is 0.477 e. The number of rotatable bonds is 9. The number of carbonyl (C=O) groups is 5. The van der Waals surface area contributed by atoms with Gasteiger partial charge in [-0.2, -0.15) is 0 Å². The molecule has 3 N–H and O–H groups in total. The van der Waals surface area contributed by atoms with E-state index in [9.17, 15) is 29.1 Å². The lowest BCUT2D eigenvalue weighted by molar-refractivity contribution is -0.151. The van der Waals surface area contributed by atoms with Crippen LogP contribution in [0.3, 0.4) is 0 Å². The number of aromatic nitrogens is 2. The highest BCUT2D eigenvalue weighted by Gasteiger charge is 2.54. The van der Waals surface area contributed by atoms with Gasteiger partial charge in [-0.3, -0.25) is 24.2 Å². The molecule has 1 aromatic heterocycles. The highest BCUT2D eigenvalue weighted by atomic mass is 35.5. The highest BCUT2D eigenvalue weighted by Crippen LogP contribution is 2.42. The van der Waals surface area contributed by atoms with Crippen LogP contribution in [0.5, 0.6) is 0 Å². The molecule has 0 radical (unpaired) electrons. The number of amides is 5. The van der Waals surface area contributed by atoms with Gasteiger partial charge in [-0.1, -0.05) is 77.2 Å². The number of carbonyl (C=O) groups excluding carboxylic acids is 4. The van der Waals surface area contributed by atoms with Crippen molar-refractivity contribution >= 4 is 76.2 Å². The van der Waals surface area contributed by atoms with Crippen molar-refractivity contribution in [2.24, 2.45) is 0 Å². The zero-order valence-electron chi connectivity index (χ0n) is 23.2. The van der Waals surface area contributed by atoms with Gasteiger partial charge < -0.3 is 15.7 Å². The molecule has 5 amide bonds. The lowest BCUT2D eigenvalue weighted by Gasteiger charge is -2.49. The Bertz CT molecular complexity index is 1670. The molecule has 2 aliphatic heterocycles. The maximum Gasteiger partial charge on any atom is 0.352 e. The maximum atomic E-state index is 13.6. The van der Waals surface area contributed by atoms with Crippen molar-refractivity contribution in [2.75, 3.05) is 18.6 Å². The molecule has 5 rings (SSSR count). The van der Waals surface area contributed by atoms with Gasteiger partial charge in [0.25, 0.3) is 11.8 Å². The van der Waals surface area contributed by atoms with Crippen molar-refractivity contribution in [3.8, 4) is 0 Å². The minimum absolute atomic E-state index is 0.106. The molecular weight excluding hydrogens is 648 g/mol. The number of hydrogen-bond acceptors (Lipinski definition) is 10. The number of carboxylic acid groups (broad SMARTS) is 1. The van der Waals surface area contributed by atoms with Crippen molar-refractivity contribution < 1.29 is 29.1 Å². The summed E-state index contributed by atoms with van der Waals surface area (Å²) in [7, 11) is 1.26. The van der Waals surface area contributed by atoms with E-state index in [1.807, 2.05) is 6.92 Å². The Balaban J connectivity index is 1.30. The number of hydrogen-bond donors (Lipinski definition) is 3. The Labute approximate surface area is 269 Å². The fraction of sp³-hybridized carbons (Fsp3) is 0.250. The quantitative estimate of drug-likeness (QED) is 0.226. The first-order valence-corrected chi connectivity index (χ1v) is 16.3. The summed E-state index contributed by atoms with van der Waals surface area (Å²) < 4.78 is 0.695. The van der Waals surface area contributed by atoms with Crippen molar-refractivity contribution in [3.05, 3.63) is 87.0 Å². The first-order valence-electron chi connectivity index (χ1n) is 13.1. The van der Waals surface area contributed by atoms with Gasteiger partial charge in [0.2, 0.25) is 5.91 Å². The molecule has 1 fully saturated rings. The summed E-state index contributed by atoms with van der Waals surface area (Å²) in [6, 6.07) is 11.5. The van der Waals surface area contributed by atoms with Gasteiger partial charge >= 0.3 is 12.0 Å². The molecular formula is C28H25ClN6O6S3. The average Bonchev–Trinajstić information content (AvgIpc) is 3.45. The van der Waals surface area contributed by atoms with Crippen LogP contribution in [-0.2, 0) is 14.4 Å². The van der Waals surface area contributed by atoms with E-state index in [-0.39, 0.29) is 16.3 Å². The highest BCUT2D eigenvalue weighted by molar-refractivity contribution is 8.01. The van der Waals surface area contributed by atoms with E-state index in [1.165, 1.54) is 58.9 Å². The number of benzene rings is 2. The number of thioether (sulfide) groups is 2. The number of fused-ring (bicyclic) bond motifs is 1. The normalized spacial score (nSPS) is 18.2. The number of nitrogens with one attached hydrogen (secondary N) is 2. The smallest absolute Gasteiger partial charge is 0.352 e. The number of aryl methyl sites for hydroxylation is 1. The predicted molar refractivity (Wildman–Crippen MR) is 166 cm³/mol. The second-order valence-electron chi connectivity index (χ2n) is 9.67. The molecule has 0 aliphatic carbocycles. The molecule has 3 atom stereocenters. The lowest BCUT2D eigenvalue weighted by Crippen LogP contribution is -2.71. The van der Waals surface area contributed by atoms with Gasteiger partial charge in [0.05, 0.1) is 10.6 Å². The fourth-order valence-electron chi connectivity index (χ4n) is 4.59. The van der Waals surface area contributed by atoms with Gasteiger partial charge in [-0.05, 0) is 30.2 Å². The molecule has 12 nitrogen and oxygen atoms in total. The Kier molecular flexibility index (Phi) is 9.58. The molecule has 2 aliphatic rings. The molecule has 0 bridgehead atoms. The third kappa shape index (κ3) is 6.45. The fourth-order valence-corrected chi connectivity index (χ4v) is 8.11. The molecule has 0 spiro atoms. The van der Waals surface area contributed by atoms with E-state index in [4.69, 9.17) is 11.6 Å². The first kappa shape index (κ1) is 31.5. The zero-order valence-corrected chi connectivity index (χ0v) is 26.4. The van der Waals surface area contributed by atoms with Gasteiger partial charge in [0.15, 0.2) is 4.34 Å². The summed E-state index contributed by atoms with van der Waals surface area (Å²) in [5.41, 5.74) is 0.982. The van der Waals surface area contributed by atoms with Crippen LogP contribution in [0.4, 0.5) is 4.79 Å². The Morgan fingerprint density at radius 3 is 2.50 bits per heavy atom. The Morgan fingerprint density at radius 2 is 1.84 bits per heavy atom. The SMILES string of the molecule is Cc1nnc(SCC2=C(C(=O)O)N3C(=O)C(NC(=O)C(NC(=O)N(C)C(=O)c4ccccc4Cl)c4ccccc4)[C@@H]3SC2)s1. The number of halogens is 1. The van der Waals surface area contributed by atoms with E-state index in [2.05, 4.69) is 20.8 Å². The van der Waals surface area contributed by atoms with Crippen LogP contribution in [-0.4, -0.2) is 84.8 Å². The number of β-lactam (4-membered cyclic amide) rings is 1. The second-order valence-corrected chi connectivity index (χ2v) is 13.6. The maximum absolute atomic E-state index is 13.6.